The SMILES string of the molecule is C=Nc1c(-c2cccc3ccccc23)nnc(-n2c3ccccc3c3cc4ccccc4cc32)c1N=CC. The highest BCUT2D eigenvalue weighted by Gasteiger charge is 2.22. The van der Waals surface area contributed by atoms with E-state index >= 15 is 0 Å². The Morgan fingerprint density at radius 1 is 0.658 bits per heavy atom. The van der Waals surface area contributed by atoms with E-state index in [0.29, 0.717) is 22.9 Å². The summed E-state index contributed by atoms with van der Waals surface area (Å²) in [6.07, 6.45) is 1.77. The second-order valence-corrected chi connectivity index (χ2v) is 9.21. The molecule has 0 aliphatic heterocycles. The van der Waals surface area contributed by atoms with Crippen LogP contribution in [0.15, 0.2) is 113 Å². The Morgan fingerprint density at radius 3 is 2.13 bits per heavy atom. The van der Waals surface area contributed by atoms with Gasteiger partial charge in [-0.05, 0) is 53.4 Å². The molecule has 0 aliphatic rings. The Morgan fingerprint density at radius 2 is 1.34 bits per heavy atom. The number of nitrogens with zero attached hydrogens (tertiary/aromatic N) is 5. The van der Waals surface area contributed by atoms with E-state index in [-0.39, 0.29) is 0 Å². The van der Waals surface area contributed by atoms with Gasteiger partial charge in [0.05, 0.1) is 11.0 Å². The average Bonchev–Trinajstić information content (AvgIpc) is 3.28. The summed E-state index contributed by atoms with van der Waals surface area (Å²) in [5, 5.41) is 16.4. The first-order valence-corrected chi connectivity index (χ1v) is 12.5. The first-order chi connectivity index (χ1) is 18.8. The van der Waals surface area contributed by atoms with E-state index in [9.17, 15) is 0 Å². The quantitative estimate of drug-likeness (QED) is 0.232. The lowest BCUT2D eigenvalue weighted by atomic mass is 10.0. The average molecular weight is 490 g/mol. The van der Waals surface area contributed by atoms with Gasteiger partial charge in [0, 0.05) is 22.6 Å². The molecule has 5 nitrogen and oxygen atoms in total. The molecule has 0 aliphatic carbocycles. The van der Waals surface area contributed by atoms with Crippen molar-refractivity contribution in [3.05, 3.63) is 103 Å². The van der Waals surface area contributed by atoms with Crippen molar-refractivity contribution in [2.24, 2.45) is 9.98 Å². The zero-order valence-electron chi connectivity index (χ0n) is 20.8. The van der Waals surface area contributed by atoms with Crippen LogP contribution in [-0.4, -0.2) is 27.7 Å². The number of fused-ring (bicyclic) bond motifs is 5. The van der Waals surface area contributed by atoms with E-state index in [4.69, 9.17) is 15.2 Å². The molecule has 0 unspecified atom stereocenters. The van der Waals surface area contributed by atoms with Gasteiger partial charge in [-0.2, -0.15) is 0 Å². The molecule has 0 fully saturated rings. The molecule has 2 heterocycles. The van der Waals surface area contributed by atoms with Crippen LogP contribution in [-0.2, 0) is 0 Å². The lowest BCUT2D eigenvalue weighted by molar-refractivity contribution is 0.957. The second kappa shape index (κ2) is 8.75. The molecular formula is C33H23N5. The molecule has 0 amide bonds. The van der Waals surface area contributed by atoms with Crippen LogP contribution in [0.3, 0.4) is 0 Å². The van der Waals surface area contributed by atoms with Crippen LogP contribution in [0.4, 0.5) is 11.4 Å². The number of hydrogen-bond donors (Lipinski definition) is 0. The minimum Gasteiger partial charge on any atom is -0.290 e. The number of rotatable bonds is 4. The molecule has 0 saturated carbocycles. The van der Waals surface area contributed by atoms with Gasteiger partial charge in [0.15, 0.2) is 5.82 Å². The zero-order chi connectivity index (χ0) is 25.6. The number of aliphatic imine (C=N–C) groups is 2. The Kier molecular flexibility index (Phi) is 5.08. The molecule has 0 saturated heterocycles. The minimum atomic E-state index is 0.608. The summed E-state index contributed by atoms with van der Waals surface area (Å²) in [5.41, 5.74) is 4.93. The van der Waals surface area contributed by atoms with Gasteiger partial charge < -0.3 is 0 Å². The molecule has 38 heavy (non-hydrogen) atoms. The van der Waals surface area contributed by atoms with Crippen molar-refractivity contribution in [1.82, 2.24) is 14.8 Å². The minimum absolute atomic E-state index is 0.608. The Labute approximate surface area is 219 Å². The predicted octanol–water partition coefficient (Wildman–Crippen LogP) is 8.60. The lowest BCUT2D eigenvalue weighted by Crippen LogP contribution is -2.02. The lowest BCUT2D eigenvalue weighted by Gasteiger charge is -2.15. The maximum atomic E-state index is 4.82. The smallest absolute Gasteiger partial charge is 0.188 e. The molecule has 2 aromatic heterocycles. The van der Waals surface area contributed by atoms with Crippen molar-refractivity contribution in [3.8, 4) is 17.1 Å². The molecule has 180 valence electrons. The van der Waals surface area contributed by atoms with Crippen LogP contribution in [0.1, 0.15) is 6.92 Å². The third-order valence-electron chi connectivity index (χ3n) is 7.12. The summed E-state index contributed by atoms with van der Waals surface area (Å²) in [4.78, 5) is 9.27. The number of aromatic nitrogens is 3. The van der Waals surface area contributed by atoms with Crippen LogP contribution >= 0.6 is 0 Å². The number of hydrogen-bond acceptors (Lipinski definition) is 4. The zero-order valence-corrected chi connectivity index (χ0v) is 20.8. The van der Waals surface area contributed by atoms with E-state index < -0.39 is 0 Å². The maximum Gasteiger partial charge on any atom is 0.188 e. The summed E-state index contributed by atoms with van der Waals surface area (Å²) >= 11 is 0. The molecule has 0 bridgehead atoms. The Balaban J connectivity index is 1.59. The topological polar surface area (TPSA) is 55.4 Å². The van der Waals surface area contributed by atoms with Gasteiger partial charge in [0.1, 0.15) is 17.1 Å². The van der Waals surface area contributed by atoms with Gasteiger partial charge in [-0.15, -0.1) is 10.2 Å². The third-order valence-corrected chi connectivity index (χ3v) is 7.12. The third kappa shape index (κ3) is 3.26. The highest BCUT2D eigenvalue weighted by Crippen LogP contribution is 2.44. The monoisotopic (exact) mass is 489 g/mol. The highest BCUT2D eigenvalue weighted by atomic mass is 15.2. The molecule has 0 radical (unpaired) electrons. The second-order valence-electron chi connectivity index (χ2n) is 9.21. The van der Waals surface area contributed by atoms with Gasteiger partial charge >= 0.3 is 0 Å². The fourth-order valence-electron chi connectivity index (χ4n) is 5.46. The molecule has 7 rings (SSSR count). The number of para-hydroxylation sites is 1. The largest absolute Gasteiger partial charge is 0.290 e. The van der Waals surface area contributed by atoms with Crippen molar-refractivity contribution in [2.75, 3.05) is 0 Å². The highest BCUT2D eigenvalue weighted by molar-refractivity contribution is 6.14. The molecule has 0 N–H and O–H groups in total. The van der Waals surface area contributed by atoms with E-state index in [1.807, 2.05) is 37.3 Å². The molecular weight excluding hydrogens is 466 g/mol. The van der Waals surface area contributed by atoms with Crippen molar-refractivity contribution in [1.29, 1.82) is 0 Å². The van der Waals surface area contributed by atoms with Gasteiger partial charge in [0.2, 0.25) is 0 Å². The maximum absolute atomic E-state index is 4.82. The first kappa shape index (κ1) is 22.1. The molecule has 0 spiro atoms. The van der Waals surface area contributed by atoms with Crippen LogP contribution in [0, 0.1) is 0 Å². The van der Waals surface area contributed by atoms with Crippen LogP contribution in [0.5, 0.6) is 0 Å². The van der Waals surface area contributed by atoms with Crippen molar-refractivity contribution in [2.45, 2.75) is 6.92 Å². The summed E-state index contributed by atoms with van der Waals surface area (Å²) in [6, 6.07) is 35.7. The van der Waals surface area contributed by atoms with Crippen LogP contribution in [0.25, 0.3) is 60.4 Å². The summed E-state index contributed by atoms with van der Waals surface area (Å²) in [5.74, 6) is 0.621. The van der Waals surface area contributed by atoms with Crippen LogP contribution < -0.4 is 0 Å². The van der Waals surface area contributed by atoms with E-state index in [2.05, 4.69) is 89.1 Å². The molecule has 5 aromatic carbocycles. The molecule has 5 heteroatoms. The van der Waals surface area contributed by atoms with Gasteiger partial charge in [0.25, 0.3) is 0 Å². The van der Waals surface area contributed by atoms with Gasteiger partial charge in [-0.3, -0.25) is 14.6 Å². The van der Waals surface area contributed by atoms with E-state index in [1.54, 1.807) is 6.21 Å². The van der Waals surface area contributed by atoms with Crippen molar-refractivity contribution >= 4 is 67.7 Å². The fourth-order valence-corrected chi connectivity index (χ4v) is 5.46. The van der Waals surface area contributed by atoms with Crippen LogP contribution in [0.2, 0.25) is 0 Å². The Bertz CT molecular complexity index is 2060. The summed E-state index contributed by atoms with van der Waals surface area (Å²) in [6.45, 7) is 5.82. The van der Waals surface area contributed by atoms with Gasteiger partial charge in [-0.1, -0.05) is 84.9 Å². The van der Waals surface area contributed by atoms with Gasteiger partial charge in [-0.25, -0.2) is 0 Å². The van der Waals surface area contributed by atoms with Crippen molar-refractivity contribution < 1.29 is 0 Å². The number of benzene rings is 5. The van der Waals surface area contributed by atoms with E-state index in [0.717, 1.165) is 43.5 Å². The molecule has 7 aromatic rings. The first-order valence-electron chi connectivity index (χ1n) is 12.5. The normalized spacial score (nSPS) is 11.8. The van der Waals surface area contributed by atoms with Crippen molar-refractivity contribution in [3.63, 3.8) is 0 Å². The summed E-state index contributed by atoms with van der Waals surface area (Å²) in [7, 11) is 0. The standard InChI is InChI=1S/C33H23N5/c1-3-35-32-31(34-2)30(26-17-10-14-21-11-6-7-15-24(21)26)36-37-33(32)38-28-18-9-8-16-25(28)27-19-22-12-4-5-13-23(22)20-29(27)38/h3-20H,2H2,1H3. The predicted molar refractivity (Wildman–Crippen MR) is 160 cm³/mol. The summed E-state index contributed by atoms with van der Waals surface area (Å²) < 4.78 is 2.15. The molecule has 0 atom stereocenters. The Hall–Kier alpha value is -5.16. The van der Waals surface area contributed by atoms with E-state index in [1.165, 1.54) is 5.39 Å². The fraction of sp³-hybridized carbons (Fsp3) is 0.0303.